The molecule has 3 aromatic rings. The highest BCUT2D eigenvalue weighted by atomic mass is 35.5. The number of hydrogen-bond acceptors (Lipinski definition) is 5. The second-order valence-electron chi connectivity index (χ2n) is 5.41. The molecule has 24 heavy (non-hydrogen) atoms. The molecule has 6 nitrogen and oxygen atoms in total. The van der Waals surface area contributed by atoms with Crippen LogP contribution in [0, 0.1) is 13.8 Å². The van der Waals surface area contributed by atoms with E-state index in [1.807, 2.05) is 25.1 Å². The van der Waals surface area contributed by atoms with E-state index in [1.165, 1.54) is 6.92 Å². The summed E-state index contributed by atoms with van der Waals surface area (Å²) in [6.45, 7) is 5.16. The lowest BCUT2D eigenvalue weighted by Gasteiger charge is -2.10. The van der Waals surface area contributed by atoms with Crippen molar-refractivity contribution in [3.8, 4) is 5.82 Å². The predicted octanol–water partition coefficient (Wildman–Crippen LogP) is 3.88. The molecule has 0 saturated heterocycles. The van der Waals surface area contributed by atoms with Crippen LogP contribution >= 0.6 is 11.6 Å². The summed E-state index contributed by atoms with van der Waals surface area (Å²) in [5.74, 6) is 1.79. The molecular formula is C17H16ClN5O. The maximum absolute atomic E-state index is 11.6. The van der Waals surface area contributed by atoms with Crippen LogP contribution in [0.2, 0.25) is 5.02 Å². The quantitative estimate of drug-likeness (QED) is 0.729. The van der Waals surface area contributed by atoms with Gasteiger partial charge in [-0.1, -0.05) is 17.7 Å². The normalized spacial score (nSPS) is 10.7. The SMILES string of the molecule is CC(=O)c1cnn(-c2cc(Nc3cccc(Cl)c3)nc(C)n2)c1C. The lowest BCUT2D eigenvalue weighted by molar-refractivity contribution is 0.101. The van der Waals surface area contributed by atoms with Gasteiger partial charge in [-0.05, 0) is 39.0 Å². The monoisotopic (exact) mass is 341 g/mol. The Hall–Kier alpha value is -2.73. The topological polar surface area (TPSA) is 72.7 Å². The van der Waals surface area contributed by atoms with Gasteiger partial charge in [0, 0.05) is 16.8 Å². The number of aromatic nitrogens is 4. The Morgan fingerprint density at radius 2 is 2.00 bits per heavy atom. The van der Waals surface area contributed by atoms with Gasteiger partial charge in [0.15, 0.2) is 11.6 Å². The predicted molar refractivity (Wildman–Crippen MR) is 93.4 cm³/mol. The van der Waals surface area contributed by atoms with Crippen molar-refractivity contribution in [2.24, 2.45) is 0 Å². The summed E-state index contributed by atoms with van der Waals surface area (Å²) in [4.78, 5) is 20.4. The molecule has 0 aliphatic carbocycles. The molecule has 1 N–H and O–H groups in total. The average Bonchev–Trinajstić information content (AvgIpc) is 2.88. The number of carbonyl (C=O) groups excluding carboxylic acids is 1. The van der Waals surface area contributed by atoms with E-state index >= 15 is 0 Å². The van der Waals surface area contributed by atoms with Crippen molar-refractivity contribution >= 4 is 28.9 Å². The lowest BCUT2D eigenvalue weighted by Crippen LogP contribution is -2.07. The summed E-state index contributed by atoms with van der Waals surface area (Å²) in [5, 5.41) is 8.11. The van der Waals surface area contributed by atoms with E-state index in [0.717, 1.165) is 11.4 Å². The maximum Gasteiger partial charge on any atom is 0.163 e. The smallest absolute Gasteiger partial charge is 0.163 e. The van der Waals surface area contributed by atoms with E-state index in [4.69, 9.17) is 11.6 Å². The zero-order chi connectivity index (χ0) is 17.3. The molecule has 0 aliphatic rings. The Labute approximate surface area is 144 Å². The maximum atomic E-state index is 11.6. The van der Waals surface area contributed by atoms with Crippen molar-refractivity contribution in [1.29, 1.82) is 0 Å². The minimum absolute atomic E-state index is 0.0261. The summed E-state index contributed by atoms with van der Waals surface area (Å²) in [5.41, 5.74) is 2.15. The average molecular weight is 342 g/mol. The molecule has 0 aliphatic heterocycles. The van der Waals surface area contributed by atoms with Gasteiger partial charge in [0.2, 0.25) is 0 Å². The second-order valence-corrected chi connectivity index (χ2v) is 5.84. The van der Waals surface area contributed by atoms with E-state index in [1.54, 1.807) is 29.9 Å². The van der Waals surface area contributed by atoms with Gasteiger partial charge in [-0.2, -0.15) is 5.10 Å². The molecule has 0 amide bonds. The first-order chi connectivity index (χ1) is 11.4. The van der Waals surface area contributed by atoms with Crippen LogP contribution in [0.15, 0.2) is 36.5 Å². The van der Waals surface area contributed by atoms with Crippen molar-refractivity contribution in [2.45, 2.75) is 20.8 Å². The van der Waals surface area contributed by atoms with Gasteiger partial charge in [0.25, 0.3) is 0 Å². The summed E-state index contributed by atoms with van der Waals surface area (Å²) in [6.07, 6.45) is 1.55. The number of ketones is 1. The van der Waals surface area contributed by atoms with E-state index in [9.17, 15) is 4.79 Å². The molecule has 3 rings (SSSR count). The highest BCUT2D eigenvalue weighted by molar-refractivity contribution is 6.30. The molecule has 7 heteroatoms. The van der Waals surface area contributed by atoms with E-state index in [0.29, 0.717) is 28.0 Å². The van der Waals surface area contributed by atoms with Crippen LogP contribution < -0.4 is 5.32 Å². The van der Waals surface area contributed by atoms with Crippen LogP contribution in [0.4, 0.5) is 11.5 Å². The van der Waals surface area contributed by atoms with Gasteiger partial charge < -0.3 is 5.32 Å². The largest absolute Gasteiger partial charge is 0.340 e. The third kappa shape index (κ3) is 3.28. The summed E-state index contributed by atoms with van der Waals surface area (Å²) >= 11 is 6.00. The fourth-order valence-electron chi connectivity index (χ4n) is 2.42. The number of carbonyl (C=O) groups is 1. The van der Waals surface area contributed by atoms with Gasteiger partial charge in [0.1, 0.15) is 11.6 Å². The summed E-state index contributed by atoms with van der Waals surface area (Å²) < 4.78 is 1.63. The number of aryl methyl sites for hydroxylation is 1. The van der Waals surface area contributed by atoms with Crippen molar-refractivity contribution < 1.29 is 4.79 Å². The molecule has 0 radical (unpaired) electrons. The summed E-state index contributed by atoms with van der Waals surface area (Å²) in [7, 11) is 0. The van der Waals surface area contributed by atoms with Gasteiger partial charge in [-0.3, -0.25) is 4.79 Å². The Bertz CT molecular complexity index is 919. The number of rotatable bonds is 4. The Morgan fingerprint density at radius 3 is 2.67 bits per heavy atom. The third-order valence-corrected chi connectivity index (χ3v) is 3.76. The van der Waals surface area contributed by atoms with Crippen molar-refractivity contribution in [3.05, 3.63) is 58.6 Å². The van der Waals surface area contributed by atoms with E-state index in [2.05, 4.69) is 20.4 Å². The molecule has 2 aromatic heterocycles. The first-order valence-corrected chi connectivity index (χ1v) is 7.76. The third-order valence-electron chi connectivity index (χ3n) is 3.53. The lowest BCUT2D eigenvalue weighted by atomic mass is 10.2. The number of benzene rings is 1. The minimum atomic E-state index is -0.0261. The van der Waals surface area contributed by atoms with Gasteiger partial charge >= 0.3 is 0 Å². The molecular weight excluding hydrogens is 326 g/mol. The van der Waals surface area contributed by atoms with E-state index in [-0.39, 0.29) is 5.78 Å². The van der Waals surface area contributed by atoms with Crippen molar-refractivity contribution in [3.63, 3.8) is 0 Å². The highest BCUT2D eigenvalue weighted by Gasteiger charge is 2.13. The molecule has 0 unspecified atom stereocenters. The number of nitrogens with one attached hydrogen (secondary N) is 1. The van der Waals surface area contributed by atoms with Crippen LogP contribution in [-0.4, -0.2) is 25.5 Å². The van der Waals surface area contributed by atoms with Crippen LogP contribution in [0.5, 0.6) is 0 Å². The molecule has 0 saturated carbocycles. The molecule has 1 aromatic carbocycles. The second kappa shape index (κ2) is 6.41. The molecule has 0 spiro atoms. The van der Waals surface area contributed by atoms with Crippen LogP contribution in [-0.2, 0) is 0 Å². The Balaban J connectivity index is 1.99. The Kier molecular flexibility index (Phi) is 4.31. The first kappa shape index (κ1) is 16.1. The van der Waals surface area contributed by atoms with Crippen LogP contribution in [0.3, 0.4) is 0 Å². The standard InChI is InChI=1S/C17H16ClN5O/c1-10-15(11(2)24)9-19-23(10)17-8-16(20-12(3)21-17)22-14-6-4-5-13(18)7-14/h4-9H,1-3H3,(H,20,21,22). The van der Waals surface area contributed by atoms with Crippen molar-refractivity contribution in [2.75, 3.05) is 5.32 Å². The zero-order valence-electron chi connectivity index (χ0n) is 13.5. The number of anilines is 2. The molecule has 122 valence electrons. The van der Waals surface area contributed by atoms with Crippen molar-refractivity contribution in [1.82, 2.24) is 19.7 Å². The van der Waals surface area contributed by atoms with Gasteiger partial charge in [-0.25, -0.2) is 14.6 Å². The molecule has 0 fully saturated rings. The first-order valence-electron chi connectivity index (χ1n) is 7.38. The van der Waals surface area contributed by atoms with E-state index < -0.39 is 0 Å². The zero-order valence-corrected chi connectivity index (χ0v) is 14.3. The fraction of sp³-hybridized carbons (Fsp3) is 0.176. The van der Waals surface area contributed by atoms with Gasteiger partial charge in [-0.15, -0.1) is 0 Å². The number of halogens is 1. The minimum Gasteiger partial charge on any atom is -0.340 e. The van der Waals surface area contributed by atoms with Gasteiger partial charge in [0.05, 0.1) is 17.5 Å². The Morgan fingerprint density at radius 1 is 1.21 bits per heavy atom. The highest BCUT2D eigenvalue weighted by Crippen LogP contribution is 2.21. The number of Topliss-reactive ketones (excluding diaryl/α,β-unsaturated/α-hetero) is 1. The molecule has 0 atom stereocenters. The van der Waals surface area contributed by atoms with Crippen LogP contribution in [0.1, 0.15) is 28.8 Å². The number of hydrogen-bond donors (Lipinski definition) is 1. The number of nitrogens with zero attached hydrogens (tertiary/aromatic N) is 4. The molecule has 2 heterocycles. The summed E-state index contributed by atoms with van der Waals surface area (Å²) in [6, 6.07) is 9.15. The van der Waals surface area contributed by atoms with Crippen LogP contribution in [0.25, 0.3) is 5.82 Å². The molecule has 0 bridgehead atoms. The fourth-order valence-corrected chi connectivity index (χ4v) is 2.62.